The molecule has 0 saturated heterocycles. The summed E-state index contributed by atoms with van der Waals surface area (Å²) in [5.41, 5.74) is 5.02. The van der Waals surface area contributed by atoms with Gasteiger partial charge in [-0.15, -0.1) is 0 Å². The molecule has 2 N–H and O–H groups in total. The number of ether oxygens (including phenoxy) is 2. The fraction of sp³-hybridized carbons (Fsp3) is 0.125. The van der Waals surface area contributed by atoms with Crippen molar-refractivity contribution in [3.8, 4) is 22.8 Å². The highest BCUT2D eigenvalue weighted by Gasteiger charge is 2.16. The van der Waals surface area contributed by atoms with E-state index in [1.165, 1.54) is 0 Å². The van der Waals surface area contributed by atoms with Crippen molar-refractivity contribution in [2.45, 2.75) is 6.92 Å². The number of aromatic amines is 1. The van der Waals surface area contributed by atoms with Crippen molar-refractivity contribution in [2.75, 3.05) is 13.7 Å². The SMILES string of the molecule is CCOc1ccccc1/C=N/NC(=O)c1cc(-c2c(OC)ccc3ccccc23)n[nH]1. The molecule has 0 aliphatic rings. The van der Waals surface area contributed by atoms with Gasteiger partial charge in [0.2, 0.25) is 0 Å². The van der Waals surface area contributed by atoms with Gasteiger partial charge in [-0.25, -0.2) is 5.43 Å². The van der Waals surface area contributed by atoms with Crippen molar-refractivity contribution in [1.29, 1.82) is 0 Å². The number of aromatic nitrogens is 2. The third kappa shape index (κ3) is 4.25. The molecule has 0 aliphatic heterocycles. The van der Waals surface area contributed by atoms with Gasteiger partial charge < -0.3 is 9.47 Å². The van der Waals surface area contributed by atoms with Crippen LogP contribution < -0.4 is 14.9 Å². The van der Waals surface area contributed by atoms with Crippen LogP contribution in [0.4, 0.5) is 0 Å². The lowest BCUT2D eigenvalue weighted by Crippen LogP contribution is -2.18. The summed E-state index contributed by atoms with van der Waals surface area (Å²) in [4.78, 5) is 12.5. The molecule has 0 spiro atoms. The van der Waals surface area contributed by atoms with Crippen LogP contribution in [0.5, 0.6) is 11.5 Å². The van der Waals surface area contributed by atoms with Gasteiger partial charge >= 0.3 is 0 Å². The summed E-state index contributed by atoms with van der Waals surface area (Å²) in [5, 5.41) is 13.2. The van der Waals surface area contributed by atoms with E-state index in [-0.39, 0.29) is 0 Å². The molecule has 4 aromatic rings. The lowest BCUT2D eigenvalue weighted by Gasteiger charge is -2.09. The van der Waals surface area contributed by atoms with Crippen LogP contribution in [0.2, 0.25) is 0 Å². The Labute approximate surface area is 179 Å². The Morgan fingerprint density at radius 3 is 2.74 bits per heavy atom. The van der Waals surface area contributed by atoms with Crippen LogP contribution in [-0.4, -0.2) is 36.0 Å². The second-order valence-corrected chi connectivity index (χ2v) is 6.70. The number of carbonyl (C=O) groups is 1. The Balaban J connectivity index is 1.56. The molecule has 1 aromatic heterocycles. The number of hydrogen-bond donors (Lipinski definition) is 2. The van der Waals surface area contributed by atoms with Crippen molar-refractivity contribution in [2.24, 2.45) is 5.10 Å². The summed E-state index contributed by atoms with van der Waals surface area (Å²) >= 11 is 0. The molecule has 3 aromatic carbocycles. The predicted molar refractivity (Wildman–Crippen MR) is 121 cm³/mol. The number of methoxy groups -OCH3 is 1. The minimum atomic E-state index is -0.400. The average molecular weight is 414 g/mol. The molecule has 1 heterocycles. The summed E-state index contributed by atoms with van der Waals surface area (Å²) in [7, 11) is 1.61. The molecular weight excluding hydrogens is 392 g/mol. The van der Waals surface area contributed by atoms with Gasteiger partial charge in [-0.2, -0.15) is 10.2 Å². The normalized spacial score (nSPS) is 11.0. The monoisotopic (exact) mass is 414 g/mol. The van der Waals surface area contributed by atoms with Crippen molar-refractivity contribution < 1.29 is 14.3 Å². The molecule has 7 nitrogen and oxygen atoms in total. The van der Waals surface area contributed by atoms with E-state index in [4.69, 9.17) is 9.47 Å². The highest BCUT2D eigenvalue weighted by Crippen LogP contribution is 2.36. The van der Waals surface area contributed by atoms with Crippen molar-refractivity contribution in [3.05, 3.63) is 78.0 Å². The first-order chi connectivity index (χ1) is 15.2. The molecular formula is C24H22N4O3. The molecule has 156 valence electrons. The number of benzene rings is 3. The maximum absolute atomic E-state index is 12.5. The number of hydrazone groups is 1. The van der Waals surface area contributed by atoms with E-state index in [0.29, 0.717) is 29.5 Å². The van der Waals surface area contributed by atoms with E-state index in [1.54, 1.807) is 19.4 Å². The Morgan fingerprint density at radius 2 is 1.90 bits per heavy atom. The molecule has 7 heteroatoms. The van der Waals surface area contributed by atoms with Gasteiger partial charge in [-0.3, -0.25) is 9.89 Å². The number of carbonyl (C=O) groups excluding carboxylic acids is 1. The van der Waals surface area contributed by atoms with Gasteiger partial charge in [0.1, 0.15) is 17.2 Å². The fourth-order valence-corrected chi connectivity index (χ4v) is 3.35. The summed E-state index contributed by atoms with van der Waals surface area (Å²) in [6.07, 6.45) is 1.55. The highest BCUT2D eigenvalue weighted by molar-refractivity contribution is 6.00. The van der Waals surface area contributed by atoms with Crippen molar-refractivity contribution in [3.63, 3.8) is 0 Å². The van der Waals surface area contributed by atoms with Crippen LogP contribution in [0.25, 0.3) is 22.0 Å². The summed E-state index contributed by atoms with van der Waals surface area (Å²) < 4.78 is 11.1. The van der Waals surface area contributed by atoms with Crippen LogP contribution in [0.1, 0.15) is 23.0 Å². The zero-order chi connectivity index (χ0) is 21.6. The van der Waals surface area contributed by atoms with Crippen LogP contribution in [0, 0.1) is 0 Å². The number of hydrogen-bond acceptors (Lipinski definition) is 5. The third-order valence-electron chi connectivity index (χ3n) is 4.78. The van der Waals surface area contributed by atoms with E-state index in [2.05, 4.69) is 20.7 Å². The number of amides is 1. The maximum atomic E-state index is 12.5. The van der Waals surface area contributed by atoms with Gasteiger partial charge in [0.25, 0.3) is 5.91 Å². The molecule has 0 fully saturated rings. The number of fused-ring (bicyclic) bond motifs is 1. The number of nitrogens with zero attached hydrogens (tertiary/aromatic N) is 2. The largest absolute Gasteiger partial charge is 0.496 e. The quantitative estimate of drug-likeness (QED) is 0.346. The number of H-pyrrole nitrogens is 1. The van der Waals surface area contributed by atoms with E-state index < -0.39 is 5.91 Å². The topological polar surface area (TPSA) is 88.6 Å². The molecule has 31 heavy (non-hydrogen) atoms. The maximum Gasteiger partial charge on any atom is 0.289 e. The van der Waals surface area contributed by atoms with Gasteiger partial charge in [0, 0.05) is 5.56 Å². The fourth-order valence-electron chi connectivity index (χ4n) is 3.35. The molecule has 0 radical (unpaired) electrons. The molecule has 0 saturated carbocycles. The molecule has 0 bridgehead atoms. The van der Waals surface area contributed by atoms with Crippen LogP contribution in [0.3, 0.4) is 0 Å². The first-order valence-corrected chi connectivity index (χ1v) is 9.88. The minimum absolute atomic E-state index is 0.292. The minimum Gasteiger partial charge on any atom is -0.496 e. The number of para-hydroxylation sites is 1. The first kappa shape index (κ1) is 20.2. The molecule has 0 atom stereocenters. The molecule has 1 amide bonds. The Bertz CT molecular complexity index is 1250. The summed E-state index contributed by atoms with van der Waals surface area (Å²) in [5.74, 6) is 0.987. The summed E-state index contributed by atoms with van der Waals surface area (Å²) in [6.45, 7) is 2.46. The third-order valence-corrected chi connectivity index (χ3v) is 4.78. The van der Waals surface area contributed by atoms with E-state index >= 15 is 0 Å². The smallest absolute Gasteiger partial charge is 0.289 e. The zero-order valence-electron chi connectivity index (χ0n) is 17.3. The van der Waals surface area contributed by atoms with E-state index in [9.17, 15) is 4.79 Å². The second kappa shape index (κ2) is 9.13. The zero-order valence-corrected chi connectivity index (χ0v) is 17.3. The lowest BCUT2D eigenvalue weighted by molar-refractivity contribution is 0.0950. The van der Waals surface area contributed by atoms with Gasteiger partial charge in [0.15, 0.2) is 0 Å². The Morgan fingerprint density at radius 1 is 1.10 bits per heavy atom. The van der Waals surface area contributed by atoms with E-state index in [0.717, 1.165) is 21.9 Å². The van der Waals surface area contributed by atoms with Crippen LogP contribution >= 0.6 is 0 Å². The van der Waals surface area contributed by atoms with Crippen LogP contribution in [-0.2, 0) is 0 Å². The first-order valence-electron chi connectivity index (χ1n) is 9.88. The number of nitrogens with one attached hydrogen (secondary N) is 2. The van der Waals surface area contributed by atoms with E-state index in [1.807, 2.05) is 67.6 Å². The Kier molecular flexibility index (Phi) is 5.93. The highest BCUT2D eigenvalue weighted by atomic mass is 16.5. The second-order valence-electron chi connectivity index (χ2n) is 6.70. The van der Waals surface area contributed by atoms with Gasteiger partial charge in [-0.1, -0.05) is 42.5 Å². The summed E-state index contributed by atoms with van der Waals surface area (Å²) in [6, 6.07) is 21.0. The number of rotatable bonds is 7. The predicted octanol–water partition coefficient (Wildman–Crippen LogP) is 4.40. The van der Waals surface area contributed by atoms with Gasteiger partial charge in [0.05, 0.1) is 31.2 Å². The van der Waals surface area contributed by atoms with Crippen molar-refractivity contribution >= 4 is 22.9 Å². The van der Waals surface area contributed by atoms with Crippen LogP contribution in [0.15, 0.2) is 71.8 Å². The Hall–Kier alpha value is -4.13. The molecule has 0 aliphatic carbocycles. The average Bonchev–Trinajstić information content (AvgIpc) is 3.29. The molecule has 0 unspecified atom stereocenters. The molecule has 4 rings (SSSR count). The lowest BCUT2D eigenvalue weighted by atomic mass is 10.0. The standard InChI is InChI=1S/C24H22N4O3/c1-3-31-21-11-7-5-9-17(21)15-25-28-24(29)20-14-19(26-27-20)23-18-10-6-4-8-16(18)12-13-22(23)30-2/h4-15H,3H2,1-2H3,(H,26,27)(H,28,29)/b25-15+. The van der Waals surface area contributed by atoms with Crippen molar-refractivity contribution in [1.82, 2.24) is 15.6 Å². The van der Waals surface area contributed by atoms with Gasteiger partial charge in [-0.05, 0) is 42.0 Å².